The van der Waals surface area contributed by atoms with Gasteiger partial charge < -0.3 is 4.90 Å². The van der Waals surface area contributed by atoms with Crippen LogP contribution in [0.15, 0.2) is 41.5 Å². The summed E-state index contributed by atoms with van der Waals surface area (Å²) in [4.78, 5) is 11.2. The summed E-state index contributed by atoms with van der Waals surface area (Å²) in [7, 11) is 0. The summed E-state index contributed by atoms with van der Waals surface area (Å²) in [6, 6.07) is 9.12. The van der Waals surface area contributed by atoms with Crippen molar-refractivity contribution in [1.29, 1.82) is 0 Å². The predicted molar refractivity (Wildman–Crippen MR) is 97.1 cm³/mol. The Morgan fingerprint density at radius 2 is 2.04 bits per heavy atom. The second kappa shape index (κ2) is 6.00. The predicted octanol–water partition coefficient (Wildman–Crippen LogP) is 4.29. The standard InChI is InChI=1S/C21H20FN3/c1-21(2)10-9-20-24-19-11-15(3-5-16(19)13-25(20)14-21)4-7-18-8-6-17(22)12-23-18/h3,5-6,8,11-12H,9-10,13-14H2,1-2H3. The Balaban J connectivity index is 1.59. The van der Waals surface area contributed by atoms with Gasteiger partial charge in [0.1, 0.15) is 17.3 Å². The summed E-state index contributed by atoms with van der Waals surface area (Å²) in [5, 5.41) is 0. The van der Waals surface area contributed by atoms with Crippen molar-refractivity contribution in [2.45, 2.75) is 33.2 Å². The number of halogens is 1. The van der Waals surface area contributed by atoms with Gasteiger partial charge in [-0.3, -0.25) is 0 Å². The van der Waals surface area contributed by atoms with E-state index in [2.05, 4.69) is 41.6 Å². The molecule has 0 radical (unpaired) electrons. The summed E-state index contributed by atoms with van der Waals surface area (Å²) >= 11 is 0. The smallest absolute Gasteiger partial charge is 0.141 e. The Morgan fingerprint density at radius 1 is 1.16 bits per heavy atom. The average Bonchev–Trinajstić information content (AvgIpc) is 2.59. The van der Waals surface area contributed by atoms with Crippen LogP contribution in [-0.4, -0.2) is 22.3 Å². The lowest BCUT2D eigenvalue weighted by atomic mass is 9.83. The molecule has 0 unspecified atom stereocenters. The lowest BCUT2D eigenvalue weighted by molar-refractivity contribution is 0.201. The van der Waals surface area contributed by atoms with Gasteiger partial charge in [0.05, 0.1) is 11.9 Å². The van der Waals surface area contributed by atoms with Gasteiger partial charge >= 0.3 is 0 Å². The number of amidine groups is 1. The van der Waals surface area contributed by atoms with Crippen LogP contribution in [0.25, 0.3) is 0 Å². The fourth-order valence-electron chi connectivity index (χ4n) is 3.38. The van der Waals surface area contributed by atoms with E-state index in [0.717, 1.165) is 30.8 Å². The maximum Gasteiger partial charge on any atom is 0.141 e. The quantitative estimate of drug-likeness (QED) is 0.673. The Kier molecular flexibility index (Phi) is 3.80. The maximum atomic E-state index is 12.9. The van der Waals surface area contributed by atoms with E-state index in [0.29, 0.717) is 11.1 Å². The second-order valence-corrected chi connectivity index (χ2v) is 7.50. The number of fused-ring (bicyclic) bond motifs is 2. The fraction of sp³-hybridized carbons (Fsp3) is 0.333. The molecule has 0 bridgehead atoms. The number of hydrogen-bond donors (Lipinski definition) is 0. The zero-order chi connectivity index (χ0) is 17.4. The molecule has 0 aliphatic carbocycles. The zero-order valence-corrected chi connectivity index (χ0v) is 14.5. The van der Waals surface area contributed by atoms with E-state index in [1.807, 2.05) is 12.1 Å². The number of hydrogen-bond acceptors (Lipinski definition) is 3. The molecular formula is C21H20FN3. The maximum absolute atomic E-state index is 12.9. The van der Waals surface area contributed by atoms with Crippen LogP contribution in [0.3, 0.4) is 0 Å². The monoisotopic (exact) mass is 333 g/mol. The van der Waals surface area contributed by atoms with Crippen LogP contribution in [0, 0.1) is 23.1 Å². The summed E-state index contributed by atoms with van der Waals surface area (Å²) in [5.41, 5.74) is 4.08. The molecular weight excluding hydrogens is 313 g/mol. The third kappa shape index (κ3) is 3.41. The van der Waals surface area contributed by atoms with Crippen molar-refractivity contribution in [1.82, 2.24) is 9.88 Å². The first kappa shape index (κ1) is 15.8. The van der Waals surface area contributed by atoms with Crippen LogP contribution in [-0.2, 0) is 6.54 Å². The van der Waals surface area contributed by atoms with Gasteiger partial charge in [-0.1, -0.05) is 25.8 Å². The molecule has 126 valence electrons. The molecule has 2 aromatic rings. The van der Waals surface area contributed by atoms with Crippen LogP contribution < -0.4 is 0 Å². The molecule has 0 saturated carbocycles. The third-order valence-electron chi connectivity index (χ3n) is 4.77. The Morgan fingerprint density at radius 3 is 2.84 bits per heavy atom. The van der Waals surface area contributed by atoms with Crippen LogP contribution in [0.4, 0.5) is 10.1 Å². The first-order chi connectivity index (χ1) is 12.0. The molecule has 1 aromatic heterocycles. The van der Waals surface area contributed by atoms with Crippen molar-refractivity contribution in [2.75, 3.05) is 6.54 Å². The van der Waals surface area contributed by atoms with Gasteiger partial charge in [0.15, 0.2) is 0 Å². The molecule has 3 heterocycles. The molecule has 0 N–H and O–H groups in total. The first-order valence-electron chi connectivity index (χ1n) is 8.58. The summed E-state index contributed by atoms with van der Waals surface area (Å²) in [6.07, 6.45) is 3.39. The van der Waals surface area contributed by atoms with E-state index in [1.54, 1.807) is 6.07 Å². The summed E-state index contributed by atoms with van der Waals surface area (Å²) < 4.78 is 12.9. The molecule has 0 amide bonds. The lowest BCUT2D eigenvalue weighted by Gasteiger charge is -2.42. The minimum atomic E-state index is -0.352. The van der Waals surface area contributed by atoms with Gasteiger partial charge in [0, 0.05) is 25.1 Å². The highest BCUT2D eigenvalue weighted by Crippen LogP contribution is 2.36. The highest BCUT2D eigenvalue weighted by Gasteiger charge is 2.32. The lowest BCUT2D eigenvalue weighted by Crippen LogP contribution is -2.44. The number of rotatable bonds is 0. The first-order valence-corrected chi connectivity index (χ1v) is 8.58. The van der Waals surface area contributed by atoms with Crippen molar-refractivity contribution >= 4 is 11.5 Å². The summed E-state index contributed by atoms with van der Waals surface area (Å²) in [6.45, 7) is 6.62. The molecule has 4 rings (SSSR count). The number of benzene rings is 1. The highest BCUT2D eigenvalue weighted by atomic mass is 19.1. The molecule has 25 heavy (non-hydrogen) atoms. The van der Waals surface area contributed by atoms with Crippen molar-refractivity contribution in [2.24, 2.45) is 10.4 Å². The van der Waals surface area contributed by atoms with E-state index in [-0.39, 0.29) is 5.82 Å². The summed E-state index contributed by atoms with van der Waals surface area (Å²) in [5.74, 6) is 6.91. The largest absolute Gasteiger partial charge is 0.355 e. The van der Waals surface area contributed by atoms with Gasteiger partial charge in [-0.05, 0) is 47.6 Å². The fourth-order valence-corrected chi connectivity index (χ4v) is 3.38. The van der Waals surface area contributed by atoms with Gasteiger partial charge in [0.2, 0.25) is 0 Å². The number of nitrogens with zero attached hydrogens (tertiary/aromatic N) is 3. The SMILES string of the molecule is CC1(C)CCC2=Nc3cc(C#Cc4ccc(F)cn4)ccc3CN2C1. The van der Waals surface area contributed by atoms with Crippen LogP contribution in [0.1, 0.15) is 43.5 Å². The molecule has 4 heteroatoms. The van der Waals surface area contributed by atoms with Crippen molar-refractivity contribution in [3.8, 4) is 11.8 Å². The Labute approximate surface area is 147 Å². The van der Waals surface area contributed by atoms with Gasteiger partial charge in [-0.15, -0.1) is 0 Å². The number of aliphatic imine (C=N–C) groups is 1. The van der Waals surface area contributed by atoms with Crippen LogP contribution in [0.5, 0.6) is 0 Å². The molecule has 0 spiro atoms. The van der Waals surface area contributed by atoms with Crippen LogP contribution >= 0.6 is 0 Å². The topological polar surface area (TPSA) is 28.5 Å². The molecule has 3 nitrogen and oxygen atoms in total. The van der Waals surface area contributed by atoms with Crippen molar-refractivity contribution < 1.29 is 4.39 Å². The molecule has 1 aromatic carbocycles. The molecule has 1 fully saturated rings. The normalized spacial score (nSPS) is 17.7. The molecule has 2 aliphatic heterocycles. The van der Waals surface area contributed by atoms with E-state index in [9.17, 15) is 4.39 Å². The zero-order valence-electron chi connectivity index (χ0n) is 14.5. The molecule has 1 saturated heterocycles. The average molecular weight is 333 g/mol. The highest BCUT2D eigenvalue weighted by molar-refractivity contribution is 5.88. The number of pyridine rings is 1. The molecule has 0 atom stereocenters. The minimum absolute atomic E-state index is 0.351. The molecule has 2 aliphatic rings. The third-order valence-corrected chi connectivity index (χ3v) is 4.77. The minimum Gasteiger partial charge on any atom is -0.355 e. The van der Waals surface area contributed by atoms with Gasteiger partial charge in [0.25, 0.3) is 0 Å². The number of piperidine rings is 1. The Hall–Kier alpha value is -2.67. The van der Waals surface area contributed by atoms with Crippen molar-refractivity contribution in [3.05, 3.63) is 59.2 Å². The van der Waals surface area contributed by atoms with E-state index in [4.69, 9.17) is 4.99 Å². The number of aromatic nitrogens is 1. The van der Waals surface area contributed by atoms with E-state index < -0.39 is 0 Å². The van der Waals surface area contributed by atoms with Gasteiger partial charge in [-0.2, -0.15) is 0 Å². The van der Waals surface area contributed by atoms with Crippen molar-refractivity contribution in [3.63, 3.8) is 0 Å². The second-order valence-electron chi connectivity index (χ2n) is 7.50. The van der Waals surface area contributed by atoms with E-state index in [1.165, 1.54) is 30.1 Å². The van der Waals surface area contributed by atoms with Gasteiger partial charge in [-0.25, -0.2) is 14.4 Å². The van der Waals surface area contributed by atoms with Crippen LogP contribution in [0.2, 0.25) is 0 Å². The van der Waals surface area contributed by atoms with E-state index >= 15 is 0 Å². The Bertz CT molecular complexity index is 901.